The van der Waals surface area contributed by atoms with E-state index in [0.29, 0.717) is 36.4 Å². The Balaban J connectivity index is 1.34. The molecule has 0 saturated carbocycles. The molecule has 0 atom stereocenters. The average molecular weight is 740 g/mol. The molecule has 6 heteroatoms. The number of allylic oxidation sites excluding steroid dienone is 1. The first-order valence-corrected chi connectivity index (χ1v) is 20.5. The summed E-state index contributed by atoms with van der Waals surface area (Å²) >= 11 is 0. The molecule has 2 aliphatic rings. The van der Waals surface area contributed by atoms with Crippen LogP contribution < -0.4 is 4.74 Å². The first-order chi connectivity index (χ1) is 26.4. The first-order valence-electron chi connectivity index (χ1n) is 20.5. The molecule has 2 aliphatic heterocycles. The molecule has 290 valence electrons. The lowest BCUT2D eigenvalue weighted by Gasteiger charge is -2.44. The van der Waals surface area contributed by atoms with E-state index in [1.54, 1.807) is 0 Å². The van der Waals surface area contributed by atoms with Gasteiger partial charge in [-0.2, -0.15) is 10.2 Å². The first kappa shape index (κ1) is 40.1. The number of hydrogen-bond acceptors (Lipinski definition) is 6. The van der Waals surface area contributed by atoms with Crippen molar-refractivity contribution in [2.45, 2.75) is 124 Å². The van der Waals surface area contributed by atoms with E-state index in [1.165, 1.54) is 65.5 Å². The van der Waals surface area contributed by atoms with Gasteiger partial charge in [0.2, 0.25) is 0 Å². The maximum atomic E-state index is 13.9. The fraction of sp³-hybridized carbons (Fsp3) is 0.449. The number of ether oxygens (including phenoxy) is 2. The summed E-state index contributed by atoms with van der Waals surface area (Å²) in [7, 11) is 0. The summed E-state index contributed by atoms with van der Waals surface area (Å²) in [5.41, 5.74) is 11.5. The van der Waals surface area contributed by atoms with Gasteiger partial charge in [0.15, 0.2) is 0 Å². The van der Waals surface area contributed by atoms with Gasteiger partial charge in [0.1, 0.15) is 16.9 Å². The van der Waals surface area contributed by atoms with Crippen LogP contribution in [0.5, 0.6) is 5.75 Å². The van der Waals surface area contributed by atoms with E-state index in [9.17, 15) is 4.79 Å². The van der Waals surface area contributed by atoms with Crippen LogP contribution in [-0.4, -0.2) is 36.1 Å². The summed E-state index contributed by atoms with van der Waals surface area (Å²) in [4.78, 5) is 16.4. The van der Waals surface area contributed by atoms with Gasteiger partial charge in [0.05, 0.1) is 18.0 Å². The monoisotopic (exact) mass is 739 g/mol. The van der Waals surface area contributed by atoms with Crippen molar-refractivity contribution in [1.82, 2.24) is 4.90 Å². The number of piperidine rings is 1. The lowest BCUT2D eigenvalue weighted by Crippen LogP contribution is -2.50. The van der Waals surface area contributed by atoms with Crippen LogP contribution in [-0.2, 0) is 10.3 Å². The molecule has 0 N–H and O–H groups in total. The minimum Gasteiger partial charge on any atom is -0.493 e. The SMILES string of the molecule is C=CCCCCCCCCCOc1ccc(N=Nc2cc(-c3c(C)cccc3C)cc(-c3c(C)cccc3C)c2)c2c1C(=O)OC21CCN(C(C)(C)C)CC1. The number of carbonyl (C=O) groups excluding carboxylic acids is 1. The van der Waals surface area contributed by atoms with Crippen molar-refractivity contribution >= 4 is 17.3 Å². The number of carbonyl (C=O) groups is 1. The summed E-state index contributed by atoms with van der Waals surface area (Å²) < 4.78 is 12.8. The Kier molecular flexibility index (Phi) is 12.8. The zero-order valence-electron chi connectivity index (χ0n) is 34.4. The van der Waals surface area contributed by atoms with Crippen LogP contribution in [0.1, 0.15) is 123 Å². The van der Waals surface area contributed by atoms with Gasteiger partial charge in [0.25, 0.3) is 0 Å². The van der Waals surface area contributed by atoms with E-state index in [-0.39, 0.29) is 11.5 Å². The zero-order chi connectivity index (χ0) is 39.2. The van der Waals surface area contributed by atoms with Crippen LogP contribution >= 0.6 is 0 Å². The number of rotatable bonds is 15. The Morgan fingerprint density at radius 1 is 0.745 bits per heavy atom. The van der Waals surface area contributed by atoms with Gasteiger partial charge in [-0.15, -0.1) is 6.58 Å². The summed E-state index contributed by atoms with van der Waals surface area (Å²) in [6.45, 7) is 21.4. The highest BCUT2D eigenvalue weighted by atomic mass is 16.6. The van der Waals surface area contributed by atoms with Crippen molar-refractivity contribution < 1.29 is 14.3 Å². The molecule has 2 heterocycles. The Labute approximate surface area is 330 Å². The fourth-order valence-electron chi connectivity index (χ4n) is 8.68. The molecule has 0 bridgehead atoms. The highest BCUT2D eigenvalue weighted by molar-refractivity contribution is 5.99. The molecule has 0 radical (unpaired) electrons. The summed E-state index contributed by atoms with van der Waals surface area (Å²) in [5, 5.41) is 9.94. The average Bonchev–Trinajstić information content (AvgIpc) is 3.42. The second-order valence-corrected chi connectivity index (χ2v) is 16.8. The number of azo groups is 1. The molecule has 0 amide bonds. The van der Waals surface area contributed by atoms with E-state index in [0.717, 1.165) is 54.7 Å². The maximum absolute atomic E-state index is 13.9. The van der Waals surface area contributed by atoms with Gasteiger partial charge in [-0.1, -0.05) is 74.6 Å². The van der Waals surface area contributed by atoms with Crippen molar-refractivity contribution in [3.05, 3.63) is 113 Å². The number of fused-ring (bicyclic) bond motifs is 2. The summed E-state index contributed by atoms with van der Waals surface area (Å²) in [6.07, 6.45) is 12.8. The molecule has 0 aromatic heterocycles. The topological polar surface area (TPSA) is 63.5 Å². The smallest absolute Gasteiger partial charge is 0.343 e. The lowest BCUT2D eigenvalue weighted by atomic mass is 9.81. The molecule has 6 nitrogen and oxygen atoms in total. The molecule has 1 saturated heterocycles. The molecule has 1 spiro atoms. The van der Waals surface area contributed by atoms with Gasteiger partial charge >= 0.3 is 5.97 Å². The number of nitrogens with zero attached hydrogens (tertiary/aromatic N) is 3. The Bertz CT molecular complexity index is 1920. The third kappa shape index (κ3) is 9.13. The second kappa shape index (κ2) is 17.5. The van der Waals surface area contributed by atoms with E-state index >= 15 is 0 Å². The molecule has 4 aromatic rings. The van der Waals surface area contributed by atoms with E-state index in [4.69, 9.17) is 19.7 Å². The van der Waals surface area contributed by atoms with Gasteiger partial charge < -0.3 is 9.47 Å². The highest BCUT2D eigenvalue weighted by Gasteiger charge is 2.51. The minimum absolute atomic E-state index is 0.0276. The Hall–Kier alpha value is -4.55. The largest absolute Gasteiger partial charge is 0.493 e. The van der Waals surface area contributed by atoms with Gasteiger partial charge in [-0.25, -0.2) is 4.79 Å². The Morgan fingerprint density at radius 2 is 1.29 bits per heavy atom. The van der Waals surface area contributed by atoms with Gasteiger partial charge in [-0.3, -0.25) is 4.90 Å². The summed E-state index contributed by atoms with van der Waals surface area (Å²) in [6, 6.07) is 23.3. The number of likely N-dealkylation sites (tertiary alicyclic amines) is 1. The van der Waals surface area contributed by atoms with Crippen LogP contribution in [0.2, 0.25) is 0 Å². The molecular formula is C49H61N3O3. The molecule has 0 aliphatic carbocycles. The van der Waals surface area contributed by atoms with E-state index in [1.807, 2.05) is 18.2 Å². The van der Waals surface area contributed by atoms with Gasteiger partial charge in [0, 0.05) is 37.0 Å². The third-order valence-electron chi connectivity index (χ3n) is 11.7. The van der Waals surface area contributed by atoms with Crippen molar-refractivity contribution in [3.63, 3.8) is 0 Å². The molecule has 0 unspecified atom stereocenters. The molecule has 4 aromatic carbocycles. The molecule has 1 fully saturated rings. The van der Waals surface area contributed by atoms with Crippen molar-refractivity contribution in [2.75, 3.05) is 19.7 Å². The van der Waals surface area contributed by atoms with Crippen molar-refractivity contribution in [1.29, 1.82) is 0 Å². The lowest BCUT2D eigenvalue weighted by molar-refractivity contribution is -0.0560. The van der Waals surface area contributed by atoms with E-state index < -0.39 is 5.60 Å². The standard InChI is InChI=1S/C49H61N3O3/c1-9-10-11-12-13-14-15-16-17-30-54-42-25-24-41(46-45(42)47(53)55-49(46)26-28-52(29-27-49)48(6,7)8)51-50-40-32-38(43-34(2)20-18-21-35(43)3)31-39(33-40)44-36(4)22-19-23-37(44)5/h9,18-25,31-33H,1,10-17,26-30H2,2-8H3. The number of unbranched alkanes of at least 4 members (excludes halogenated alkanes) is 7. The second-order valence-electron chi connectivity index (χ2n) is 16.8. The normalized spacial score (nSPS) is 15.4. The quantitative estimate of drug-likeness (QED) is 0.0527. The maximum Gasteiger partial charge on any atom is 0.343 e. The van der Waals surface area contributed by atoms with Crippen molar-refractivity contribution in [2.24, 2.45) is 10.2 Å². The van der Waals surface area contributed by atoms with Gasteiger partial charge in [-0.05, 0) is 143 Å². The van der Waals surface area contributed by atoms with Crippen LogP contribution in [0, 0.1) is 27.7 Å². The molecule has 6 rings (SSSR count). The molecule has 55 heavy (non-hydrogen) atoms. The van der Waals surface area contributed by atoms with Crippen LogP contribution in [0.3, 0.4) is 0 Å². The third-order valence-corrected chi connectivity index (χ3v) is 11.7. The zero-order valence-corrected chi connectivity index (χ0v) is 34.4. The molecular weight excluding hydrogens is 679 g/mol. The van der Waals surface area contributed by atoms with Crippen LogP contribution in [0.4, 0.5) is 11.4 Å². The number of aryl methyl sites for hydroxylation is 4. The van der Waals surface area contributed by atoms with Crippen LogP contribution in [0.25, 0.3) is 22.3 Å². The highest BCUT2D eigenvalue weighted by Crippen LogP contribution is 2.52. The van der Waals surface area contributed by atoms with E-state index in [2.05, 4.69) is 115 Å². The van der Waals surface area contributed by atoms with Crippen LogP contribution in [0.15, 0.2) is 89.6 Å². The summed E-state index contributed by atoms with van der Waals surface area (Å²) in [5.74, 6) is 0.271. The minimum atomic E-state index is -0.767. The predicted octanol–water partition coefficient (Wildman–Crippen LogP) is 13.6. The van der Waals surface area contributed by atoms with Crippen molar-refractivity contribution in [3.8, 4) is 28.0 Å². The number of esters is 1. The predicted molar refractivity (Wildman–Crippen MR) is 227 cm³/mol. The Morgan fingerprint density at radius 3 is 1.84 bits per heavy atom. The number of hydrogen-bond donors (Lipinski definition) is 0. The number of benzene rings is 4. The fourth-order valence-corrected chi connectivity index (χ4v) is 8.68.